The van der Waals surface area contributed by atoms with E-state index >= 15 is 0 Å². The predicted molar refractivity (Wildman–Crippen MR) is 120 cm³/mol. The number of guanidine groups is 1. The molecule has 0 unspecified atom stereocenters. The lowest BCUT2D eigenvalue weighted by atomic mass is 10.2. The molecule has 0 saturated heterocycles. The zero-order valence-electron chi connectivity index (χ0n) is 16.3. The van der Waals surface area contributed by atoms with Crippen molar-refractivity contribution in [3.8, 4) is 5.75 Å². The van der Waals surface area contributed by atoms with Crippen LogP contribution in [0.15, 0.2) is 29.3 Å². The van der Waals surface area contributed by atoms with Crippen molar-refractivity contribution in [3.63, 3.8) is 0 Å². The molecule has 4 N–H and O–H groups in total. The van der Waals surface area contributed by atoms with Crippen LogP contribution in [-0.4, -0.2) is 56.4 Å². The largest absolute Gasteiger partial charge is 0.507 e. The number of nitrogens with one attached hydrogen (secondary N) is 3. The maximum Gasteiger partial charge on any atom is 0.255 e. The molecule has 0 aromatic heterocycles. The molecule has 0 aliphatic heterocycles. The molecule has 0 bridgehead atoms. The molecule has 8 heteroatoms. The second-order valence-corrected chi connectivity index (χ2v) is 5.78. The number of ether oxygens (including phenoxy) is 1. The number of hydrogen-bond donors (Lipinski definition) is 4. The number of para-hydroxylation sites is 1. The molecule has 1 rings (SSSR count). The van der Waals surface area contributed by atoms with Crippen LogP contribution in [0, 0.1) is 0 Å². The van der Waals surface area contributed by atoms with Crippen molar-refractivity contribution < 1.29 is 14.6 Å². The number of aromatic hydroxyl groups is 1. The van der Waals surface area contributed by atoms with Gasteiger partial charge in [0.2, 0.25) is 0 Å². The van der Waals surface area contributed by atoms with Crippen molar-refractivity contribution in [1.29, 1.82) is 0 Å². The maximum atomic E-state index is 12.0. The average molecular weight is 492 g/mol. The molecule has 0 spiro atoms. The second-order valence-electron chi connectivity index (χ2n) is 5.78. The summed E-state index contributed by atoms with van der Waals surface area (Å²) in [7, 11) is 0. The van der Waals surface area contributed by atoms with Crippen LogP contribution in [0.3, 0.4) is 0 Å². The van der Waals surface area contributed by atoms with E-state index in [1.807, 2.05) is 6.92 Å². The Morgan fingerprint density at radius 2 is 1.78 bits per heavy atom. The molecule has 0 aliphatic carbocycles. The van der Waals surface area contributed by atoms with Gasteiger partial charge in [0, 0.05) is 39.4 Å². The Kier molecular flexibility index (Phi) is 15.7. The Balaban J connectivity index is 0.00000676. The van der Waals surface area contributed by atoms with Crippen molar-refractivity contribution in [2.75, 3.05) is 39.4 Å². The number of aliphatic imine (C=N–C) groups is 1. The molecule has 0 fully saturated rings. The van der Waals surface area contributed by atoms with E-state index < -0.39 is 0 Å². The van der Waals surface area contributed by atoms with Gasteiger partial charge >= 0.3 is 0 Å². The fraction of sp³-hybridized carbons (Fsp3) is 0.579. The first-order valence-corrected chi connectivity index (χ1v) is 9.35. The summed E-state index contributed by atoms with van der Waals surface area (Å²) in [5.41, 5.74) is 0.274. The third-order valence-electron chi connectivity index (χ3n) is 3.55. The van der Waals surface area contributed by atoms with Crippen molar-refractivity contribution in [2.24, 2.45) is 4.99 Å². The van der Waals surface area contributed by atoms with Gasteiger partial charge in [-0.05, 0) is 31.9 Å². The number of halogens is 1. The first kappa shape index (κ1) is 25.4. The van der Waals surface area contributed by atoms with Gasteiger partial charge in [-0.2, -0.15) is 0 Å². The lowest BCUT2D eigenvalue weighted by Gasteiger charge is -2.12. The molecule has 0 heterocycles. The summed E-state index contributed by atoms with van der Waals surface area (Å²) in [4.78, 5) is 16.5. The van der Waals surface area contributed by atoms with E-state index in [0.29, 0.717) is 19.6 Å². The summed E-state index contributed by atoms with van der Waals surface area (Å²) in [6, 6.07) is 6.48. The number of carbonyl (C=O) groups excluding carboxylic acids is 1. The van der Waals surface area contributed by atoms with Crippen LogP contribution in [0.1, 0.15) is 43.5 Å². The van der Waals surface area contributed by atoms with E-state index in [0.717, 1.165) is 45.0 Å². The number of benzene rings is 1. The van der Waals surface area contributed by atoms with Crippen molar-refractivity contribution >= 4 is 35.8 Å². The number of hydrogen-bond acceptors (Lipinski definition) is 4. The van der Waals surface area contributed by atoms with Crippen LogP contribution in [0.4, 0.5) is 0 Å². The van der Waals surface area contributed by atoms with Crippen molar-refractivity contribution in [1.82, 2.24) is 16.0 Å². The van der Waals surface area contributed by atoms with Gasteiger partial charge in [0.1, 0.15) is 5.75 Å². The second kappa shape index (κ2) is 16.6. The highest BCUT2D eigenvalue weighted by Gasteiger charge is 2.08. The van der Waals surface area contributed by atoms with Crippen LogP contribution in [0.25, 0.3) is 0 Å². The number of phenolic OH excluding ortho intramolecular Hbond substituents is 1. The van der Waals surface area contributed by atoms with Crippen LogP contribution < -0.4 is 16.0 Å². The van der Waals surface area contributed by atoms with Gasteiger partial charge in [-0.3, -0.25) is 9.79 Å². The standard InChI is InChI=1S/C19H32N4O3.HI/c1-3-5-14-26-15-8-11-22-19(20-4-2)23-13-12-21-18(25)16-9-6-7-10-17(16)24;/h6-7,9-10,24H,3-5,8,11-15H2,1-2H3,(H,21,25)(H2,20,22,23);1H. The monoisotopic (exact) mass is 492 g/mol. The first-order chi connectivity index (χ1) is 12.7. The number of amides is 1. The van der Waals surface area contributed by atoms with Crippen LogP contribution in [0.5, 0.6) is 5.75 Å². The van der Waals surface area contributed by atoms with Gasteiger partial charge < -0.3 is 25.8 Å². The zero-order chi connectivity index (χ0) is 19.0. The topological polar surface area (TPSA) is 95.0 Å². The summed E-state index contributed by atoms with van der Waals surface area (Å²) >= 11 is 0. The quantitative estimate of drug-likeness (QED) is 0.156. The fourth-order valence-corrected chi connectivity index (χ4v) is 2.17. The minimum Gasteiger partial charge on any atom is -0.507 e. The minimum atomic E-state index is -0.295. The van der Waals surface area contributed by atoms with Gasteiger partial charge in [0.15, 0.2) is 5.96 Å². The van der Waals surface area contributed by atoms with Gasteiger partial charge in [-0.1, -0.05) is 25.5 Å². The molecule has 0 saturated carbocycles. The third kappa shape index (κ3) is 11.7. The highest BCUT2D eigenvalue weighted by molar-refractivity contribution is 14.0. The third-order valence-corrected chi connectivity index (χ3v) is 3.55. The molecule has 27 heavy (non-hydrogen) atoms. The van der Waals surface area contributed by atoms with Gasteiger partial charge in [-0.15, -0.1) is 24.0 Å². The normalized spacial score (nSPS) is 10.8. The minimum absolute atomic E-state index is 0. The van der Waals surface area contributed by atoms with Gasteiger partial charge in [0.05, 0.1) is 5.56 Å². The molecule has 1 aromatic carbocycles. The first-order valence-electron chi connectivity index (χ1n) is 9.35. The smallest absolute Gasteiger partial charge is 0.255 e. The molecule has 7 nitrogen and oxygen atoms in total. The predicted octanol–water partition coefficient (Wildman–Crippen LogP) is 2.50. The van der Waals surface area contributed by atoms with Crippen LogP contribution in [0.2, 0.25) is 0 Å². The Labute approximate surface area is 179 Å². The molecule has 1 amide bonds. The van der Waals surface area contributed by atoms with Gasteiger partial charge in [-0.25, -0.2) is 0 Å². The molecule has 0 atom stereocenters. The molecule has 0 radical (unpaired) electrons. The summed E-state index contributed by atoms with van der Waals surface area (Å²) in [5, 5.41) is 18.8. The van der Waals surface area contributed by atoms with E-state index in [1.54, 1.807) is 18.2 Å². The number of nitrogens with zero attached hydrogens (tertiary/aromatic N) is 1. The molecular weight excluding hydrogens is 459 g/mol. The van der Waals surface area contributed by atoms with E-state index in [-0.39, 0.29) is 41.2 Å². The Hall–Kier alpha value is -1.55. The SMILES string of the molecule is CCCCOCCCN=C(NCC)NCCNC(=O)c1ccccc1O.I. The van der Waals surface area contributed by atoms with E-state index in [4.69, 9.17) is 4.74 Å². The van der Waals surface area contributed by atoms with Crippen LogP contribution >= 0.6 is 24.0 Å². The average Bonchev–Trinajstić information content (AvgIpc) is 2.64. The lowest BCUT2D eigenvalue weighted by molar-refractivity contribution is 0.0951. The fourth-order valence-electron chi connectivity index (χ4n) is 2.17. The van der Waals surface area contributed by atoms with Crippen molar-refractivity contribution in [2.45, 2.75) is 33.1 Å². The maximum absolute atomic E-state index is 12.0. The number of unbranched alkanes of at least 4 members (excludes halogenated alkanes) is 1. The van der Waals surface area contributed by atoms with Crippen LogP contribution in [-0.2, 0) is 4.74 Å². The molecule has 1 aromatic rings. The highest BCUT2D eigenvalue weighted by atomic mass is 127. The lowest BCUT2D eigenvalue weighted by Crippen LogP contribution is -2.41. The Bertz CT molecular complexity index is 556. The number of rotatable bonds is 12. The molecule has 0 aliphatic rings. The highest BCUT2D eigenvalue weighted by Crippen LogP contribution is 2.14. The Morgan fingerprint density at radius 3 is 2.48 bits per heavy atom. The number of phenols is 1. The Morgan fingerprint density at radius 1 is 1.07 bits per heavy atom. The van der Waals surface area contributed by atoms with Crippen molar-refractivity contribution in [3.05, 3.63) is 29.8 Å². The zero-order valence-corrected chi connectivity index (χ0v) is 18.6. The summed E-state index contributed by atoms with van der Waals surface area (Å²) < 4.78 is 5.51. The summed E-state index contributed by atoms with van der Waals surface area (Å²) in [5.74, 6) is 0.406. The van der Waals surface area contributed by atoms with E-state index in [9.17, 15) is 9.90 Å². The summed E-state index contributed by atoms with van der Waals surface area (Å²) in [6.45, 7) is 8.11. The molecule has 154 valence electrons. The van der Waals surface area contributed by atoms with E-state index in [1.165, 1.54) is 6.07 Å². The summed E-state index contributed by atoms with van der Waals surface area (Å²) in [6.07, 6.45) is 3.12. The number of carbonyl (C=O) groups is 1. The van der Waals surface area contributed by atoms with E-state index in [2.05, 4.69) is 27.9 Å². The molecular formula is C19H33IN4O3. The van der Waals surface area contributed by atoms with Gasteiger partial charge in [0.25, 0.3) is 5.91 Å².